The lowest BCUT2D eigenvalue weighted by Gasteiger charge is -2.22. The third kappa shape index (κ3) is 4.63. The summed E-state index contributed by atoms with van der Waals surface area (Å²) in [5.74, 6) is -0.0452. The van der Waals surface area contributed by atoms with Crippen LogP contribution in [0, 0.1) is 5.41 Å². The van der Waals surface area contributed by atoms with Crippen LogP contribution in [0.3, 0.4) is 0 Å². The average Bonchev–Trinajstić information content (AvgIpc) is 2.45. The van der Waals surface area contributed by atoms with Gasteiger partial charge >= 0.3 is 5.97 Å². The van der Waals surface area contributed by atoms with Crippen LogP contribution in [0.2, 0.25) is 0 Å². The molecule has 2 rings (SSSR count). The van der Waals surface area contributed by atoms with Gasteiger partial charge in [-0.25, -0.2) is 0 Å². The van der Waals surface area contributed by atoms with Crippen molar-refractivity contribution in [2.24, 2.45) is 5.41 Å². The number of rotatable bonds is 6. The fraction of sp³-hybridized carbons (Fsp3) is 0.278. The van der Waals surface area contributed by atoms with Crippen LogP contribution in [0.4, 0.5) is 0 Å². The number of hydrogen-bond acceptors (Lipinski definition) is 2. The first kappa shape index (κ1) is 15.1. The topological polar surface area (TPSA) is 46.5 Å². The Morgan fingerprint density at radius 3 is 2.14 bits per heavy atom. The maximum absolute atomic E-state index is 10.8. The van der Waals surface area contributed by atoms with Crippen molar-refractivity contribution in [1.82, 2.24) is 0 Å². The van der Waals surface area contributed by atoms with Crippen LogP contribution in [-0.4, -0.2) is 17.7 Å². The van der Waals surface area contributed by atoms with Crippen molar-refractivity contribution in [3.05, 3.63) is 54.6 Å². The summed E-state index contributed by atoms with van der Waals surface area (Å²) in [7, 11) is 0. The van der Waals surface area contributed by atoms with Crippen LogP contribution in [-0.2, 0) is 4.79 Å². The monoisotopic (exact) mass is 284 g/mol. The number of carboxylic acids is 1. The minimum atomic E-state index is -0.803. The Morgan fingerprint density at radius 1 is 1.00 bits per heavy atom. The highest BCUT2D eigenvalue weighted by Crippen LogP contribution is 2.25. The van der Waals surface area contributed by atoms with E-state index in [-0.39, 0.29) is 11.8 Å². The van der Waals surface area contributed by atoms with E-state index in [1.807, 2.05) is 56.3 Å². The molecule has 0 aromatic heterocycles. The molecule has 21 heavy (non-hydrogen) atoms. The summed E-state index contributed by atoms with van der Waals surface area (Å²) < 4.78 is 5.70. The van der Waals surface area contributed by atoms with Gasteiger partial charge < -0.3 is 9.84 Å². The van der Waals surface area contributed by atoms with Crippen molar-refractivity contribution in [3.8, 4) is 16.9 Å². The van der Waals surface area contributed by atoms with Gasteiger partial charge in [-0.3, -0.25) is 4.79 Å². The molecule has 2 aromatic rings. The molecule has 0 fully saturated rings. The van der Waals surface area contributed by atoms with Crippen molar-refractivity contribution in [3.63, 3.8) is 0 Å². The van der Waals surface area contributed by atoms with Gasteiger partial charge in [0.05, 0.1) is 13.0 Å². The maximum Gasteiger partial charge on any atom is 0.304 e. The Morgan fingerprint density at radius 2 is 1.57 bits per heavy atom. The molecule has 0 saturated heterocycles. The highest BCUT2D eigenvalue weighted by molar-refractivity contribution is 5.67. The first-order valence-electron chi connectivity index (χ1n) is 6.96. The lowest BCUT2D eigenvalue weighted by atomic mass is 9.91. The average molecular weight is 284 g/mol. The van der Waals surface area contributed by atoms with Gasteiger partial charge in [0.2, 0.25) is 0 Å². The van der Waals surface area contributed by atoms with Crippen LogP contribution in [0.5, 0.6) is 5.75 Å². The molecule has 0 bridgehead atoms. The molecule has 0 saturated carbocycles. The number of carboxylic acid groups (broad SMARTS) is 1. The van der Waals surface area contributed by atoms with Crippen LogP contribution in [0.25, 0.3) is 11.1 Å². The molecule has 3 heteroatoms. The fourth-order valence-electron chi connectivity index (χ4n) is 2.11. The SMILES string of the molecule is CC(C)(COc1ccc(-c2ccccc2)cc1)CC(=O)O. The molecule has 1 N–H and O–H groups in total. The standard InChI is InChI=1S/C18H20O3/c1-18(2,12-17(19)20)13-21-16-10-8-15(9-11-16)14-6-4-3-5-7-14/h3-11H,12-13H2,1-2H3,(H,19,20). The van der Waals surface area contributed by atoms with Crippen molar-refractivity contribution in [2.45, 2.75) is 20.3 Å². The number of hydrogen-bond donors (Lipinski definition) is 1. The molecule has 0 atom stereocenters. The van der Waals surface area contributed by atoms with E-state index >= 15 is 0 Å². The molecule has 0 aliphatic rings. The molecule has 0 radical (unpaired) electrons. The molecule has 0 unspecified atom stereocenters. The number of benzene rings is 2. The zero-order chi connectivity index (χ0) is 15.3. The second-order valence-electron chi connectivity index (χ2n) is 5.91. The molecule has 0 amide bonds. The molecular formula is C18H20O3. The Balaban J connectivity index is 1.99. The Bertz CT molecular complexity index is 586. The van der Waals surface area contributed by atoms with E-state index < -0.39 is 5.97 Å². The van der Waals surface area contributed by atoms with Gasteiger partial charge in [-0.15, -0.1) is 0 Å². The predicted octanol–water partition coefficient (Wildman–Crippen LogP) is 4.23. The number of carbonyl (C=O) groups is 1. The summed E-state index contributed by atoms with van der Waals surface area (Å²) in [6.45, 7) is 4.16. The first-order valence-corrected chi connectivity index (χ1v) is 6.96. The van der Waals surface area contributed by atoms with Crippen LogP contribution in [0.15, 0.2) is 54.6 Å². The smallest absolute Gasteiger partial charge is 0.304 e. The van der Waals surface area contributed by atoms with Gasteiger partial charge in [0.1, 0.15) is 5.75 Å². The van der Waals surface area contributed by atoms with Crippen LogP contribution in [0.1, 0.15) is 20.3 Å². The van der Waals surface area contributed by atoms with Gasteiger partial charge in [0.15, 0.2) is 0 Å². The normalized spacial score (nSPS) is 11.1. The molecule has 0 heterocycles. The van der Waals surface area contributed by atoms with Gasteiger partial charge in [-0.05, 0) is 23.3 Å². The van der Waals surface area contributed by atoms with E-state index in [2.05, 4.69) is 12.1 Å². The predicted molar refractivity (Wildman–Crippen MR) is 83.4 cm³/mol. The van der Waals surface area contributed by atoms with Gasteiger partial charge in [-0.1, -0.05) is 56.3 Å². The maximum atomic E-state index is 10.8. The lowest BCUT2D eigenvalue weighted by molar-refractivity contribution is -0.139. The van der Waals surface area contributed by atoms with Gasteiger partial charge in [0, 0.05) is 5.41 Å². The second-order valence-corrected chi connectivity index (χ2v) is 5.91. The molecule has 2 aromatic carbocycles. The second kappa shape index (κ2) is 6.44. The van der Waals surface area contributed by atoms with Gasteiger partial charge in [0.25, 0.3) is 0 Å². The number of aliphatic carboxylic acids is 1. The Kier molecular flexibility index (Phi) is 4.63. The van der Waals surface area contributed by atoms with Gasteiger partial charge in [-0.2, -0.15) is 0 Å². The molecule has 0 aliphatic heterocycles. The van der Waals surface area contributed by atoms with E-state index in [1.54, 1.807) is 0 Å². The van der Waals surface area contributed by atoms with E-state index in [9.17, 15) is 4.79 Å². The summed E-state index contributed by atoms with van der Waals surface area (Å²) >= 11 is 0. The van der Waals surface area contributed by atoms with Crippen LogP contribution < -0.4 is 4.74 Å². The van der Waals surface area contributed by atoms with E-state index in [1.165, 1.54) is 0 Å². The van der Waals surface area contributed by atoms with Crippen LogP contribution >= 0.6 is 0 Å². The number of ether oxygens (including phenoxy) is 1. The third-order valence-corrected chi connectivity index (χ3v) is 3.22. The third-order valence-electron chi connectivity index (χ3n) is 3.22. The lowest BCUT2D eigenvalue weighted by Crippen LogP contribution is -2.24. The summed E-state index contributed by atoms with van der Waals surface area (Å²) in [5.41, 5.74) is 1.91. The van der Waals surface area contributed by atoms with E-state index in [0.29, 0.717) is 6.61 Å². The largest absolute Gasteiger partial charge is 0.493 e. The summed E-state index contributed by atoms with van der Waals surface area (Å²) in [6.07, 6.45) is 0.0924. The van der Waals surface area contributed by atoms with Crippen molar-refractivity contribution >= 4 is 5.97 Å². The zero-order valence-electron chi connectivity index (χ0n) is 12.4. The molecule has 0 aliphatic carbocycles. The Hall–Kier alpha value is -2.29. The fourth-order valence-corrected chi connectivity index (χ4v) is 2.11. The molecular weight excluding hydrogens is 264 g/mol. The summed E-state index contributed by atoms with van der Waals surface area (Å²) in [6, 6.07) is 18.0. The Labute approximate surface area is 125 Å². The summed E-state index contributed by atoms with van der Waals surface area (Å²) in [5, 5.41) is 8.85. The minimum absolute atomic E-state index is 0.0924. The molecule has 0 spiro atoms. The van der Waals surface area contributed by atoms with Crippen molar-refractivity contribution < 1.29 is 14.6 Å². The quantitative estimate of drug-likeness (QED) is 0.863. The van der Waals surface area contributed by atoms with Crippen molar-refractivity contribution in [1.29, 1.82) is 0 Å². The van der Waals surface area contributed by atoms with Crippen molar-refractivity contribution in [2.75, 3.05) is 6.61 Å². The summed E-state index contributed by atoms with van der Waals surface area (Å²) in [4.78, 5) is 10.8. The minimum Gasteiger partial charge on any atom is -0.493 e. The zero-order valence-corrected chi connectivity index (χ0v) is 12.4. The van der Waals surface area contributed by atoms with E-state index in [4.69, 9.17) is 9.84 Å². The molecule has 3 nitrogen and oxygen atoms in total. The highest BCUT2D eigenvalue weighted by Gasteiger charge is 2.22. The molecule has 110 valence electrons. The van der Waals surface area contributed by atoms with E-state index in [0.717, 1.165) is 16.9 Å². The highest BCUT2D eigenvalue weighted by atomic mass is 16.5. The first-order chi connectivity index (χ1) is 9.96.